The summed E-state index contributed by atoms with van der Waals surface area (Å²) in [5, 5.41) is 3.01. The summed E-state index contributed by atoms with van der Waals surface area (Å²) in [6.07, 6.45) is -32.5. The maximum atomic E-state index is 14.2. The van der Waals surface area contributed by atoms with Crippen molar-refractivity contribution in [1.82, 2.24) is 5.32 Å². The van der Waals surface area contributed by atoms with Gasteiger partial charge in [-0.3, -0.25) is 4.79 Å². The van der Waals surface area contributed by atoms with Gasteiger partial charge < -0.3 is 166 Å². The topological polar surface area (TPSA) is 343 Å². The molecule has 22 rings (SSSR count). The van der Waals surface area contributed by atoms with Gasteiger partial charge in [-0.2, -0.15) is 0 Å². The Hall–Kier alpha value is -3.11. The van der Waals surface area contributed by atoms with Gasteiger partial charge in [-0.15, -0.1) is 6.42 Å². The quantitative estimate of drug-likeness (QED) is 0.0966. The van der Waals surface area contributed by atoms with Crippen LogP contribution in [0.4, 0.5) is 0 Å². The van der Waals surface area contributed by atoms with Crippen molar-refractivity contribution in [1.29, 1.82) is 0 Å². The summed E-state index contributed by atoms with van der Waals surface area (Å²) in [5.74, 6) is 2.11. The number of carbonyl (C=O) groups is 1. The summed E-state index contributed by atoms with van der Waals surface area (Å²) in [6.45, 7) is -0.669. The summed E-state index contributed by atoms with van der Waals surface area (Å²) in [6, 6.07) is 6.53. The molecule has 21 aliphatic rings. The van der Waals surface area contributed by atoms with Gasteiger partial charge in [0, 0.05) is 160 Å². The van der Waals surface area contributed by atoms with E-state index in [-0.39, 0.29) is 46.2 Å². The first-order chi connectivity index (χ1) is 52.0. The minimum atomic E-state index is -1.36. The minimum absolute atomic E-state index is 0.0569. The van der Waals surface area contributed by atoms with Gasteiger partial charge in [0.2, 0.25) is 0 Å². The summed E-state index contributed by atoms with van der Waals surface area (Å²) in [7, 11) is 29.8. The van der Waals surface area contributed by atoms with Crippen LogP contribution in [0.2, 0.25) is 0 Å². The second-order valence-corrected chi connectivity index (χ2v) is 26.5. The summed E-state index contributed by atoms with van der Waals surface area (Å²) in [5.41, 5.74) is 0.877. The zero-order chi connectivity index (χ0) is 77.2. The Morgan fingerprint density at radius 2 is 0.458 bits per heavy atom. The highest BCUT2D eigenvalue weighted by Gasteiger charge is 2.62. The van der Waals surface area contributed by atoms with Crippen molar-refractivity contribution in [3.8, 4) is 12.3 Å². The maximum Gasteiger partial charge on any atom is 0.251 e. The van der Waals surface area contributed by atoms with Crippen molar-refractivity contribution in [3.63, 3.8) is 0 Å². The van der Waals surface area contributed by atoms with E-state index in [1.165, 1.54) is 142 Å². The van der Waals surface area contributed by atoms with Gasteiger partial charge >= 0.3 is 0 Å². The van der Waals surface area contributed by atoms with E-state index in [0.717, 1.165) is 0 Å². The van der Waals surface area contributed by atoms with Crippen LogP contribution in [0.5, 0.6) is 0 Å². The summed E-state index contributed by atoms with van der Waals surface area (Å²) < 4.78 is 222. The molecule has 107 heavy (non-hydrogen) atoms. The van der Waals surface area contributed by atoms with Gasteiger partial charge in [0.05, 0.1) is 39.6 Å². The standard InChI is InChI=1S/C71H115NO35/c1-22-34-23-25-35(26-24-34)64(73)72-27-36-43-50(80-8)57(87-15)65(94-36)102-44-37(28-74-2)96-67(59(89-17)51(44)81-9)104-46-39(30-76-4)98-69(61(91-19)53(46)83-11)106-48-41(32-78-6)100-71(63(93-21)55(48)85-13)107-49-42(33-79-7)99-70(62(92-20)56(49)86-14)105-47-40(31-77-5)97-68(60(90-18)54(47)84-12)103-45-38(29-75-3)95-66(101-43)58(88-16)52(45)82-10/h1,23-26,36-63,65-71H,27-33H2,2-21H3,(H,72,73). The normalized spacial score (nSPS) is 43.0. The van der Waals surface area contributed by atoms with E-state index < -0.39 is 221 Å². The lowest BCUT2D eigenvalue weighted by molar-refractivity contribution is -0.402. The van der Waals surface area contributed by atoms with Crippen molar-refractivity contribution < 1.29 is 166 Å². The smallest absolute Gasteiger partial charge is 0.251 e. The van der Waals surface area contributed by atoms with E-state index in [4.69, 9.17) is 167 Å². The molecule has 35 unspecified atom stereocenters. The van der Waals surface area contributed by atoms with Crippen LogP contribution in [0.1, 0.15) is 15.9 Å². The fraction of sp³-hybridized carbons (Fsp3) is 0.873. The first-order valence-electron chi connectivity index (χ1n) is 35.4. The van der Waals surface area contributed by atoms with Crippen molar-refractivity contribution in [2.45, 2.75) is 215 Å². The Balaban J connectivity index is 1.16. The average Bonchev–Trinajstić information content (AvgIpc) is 0.782. The van der Waals surface area contributed by atoms with E-state index in [1.807, 2.05) is 0 Å². The molecule has 1 N–H and O–H groups in total. The molecule has 1 amide bonds. The summed E-state index contributed by atoms with van der Waals surface area (Å²) >= 11 is 0. The molecular formula is C71H115NO35. The molecule has 0 aromatic heterocycles. The molecule has 21 saturated heterocycles. The zero-order valence-corrected chi connectivity index (χ0v) is 64.8. The van der Waals surface area contributed by atoms with Crippen molar-refractivity contribution in [3.05, 3.63) is 35.4 Å². The monoisotopic (exact) mass is 1540 g/mol. The summed E-state index contributed by atoms with van der Waals surface area (Å²) in [4.78, 5) is 14.2. The lowest BCUT2D eigenvalue weighted by Crippen LogP contribution is -2.69. The highest BCUT2D eigenvalue weighted by Crippen LogP contribution is 2.43. The Bertz CT molecular complexity index is 2750. The molecule has 0 radical (unpaired) electrons. The zero-order valence-electron chi connectivity index (χ0n) is 64.8. The van der Waals surface area contributed by atoms with Crippen LogP contribution in [-0.4, -0.2) is 409 Å². The molecule has 1 aromatic rings. The highest BCUT2D eigenvalue weighted by molar-refractivity contribution is 5.94. The van der Waals surface area contributed by atoms with Gasteiger partial charge in [-0.1, -0.05) is 5.92 Å². The number of hydrogen-bond donors (Lipinski definition) is 1. The lowest BCUT2D eigenvalue weighted by Gasteiger charge is -2.52. The molecule has 0 saturated carbocycles. The fourth-order valence-electron chi connectivity index (χ4n) is 15.7. The Morgan fingerprint density at radius 3 is 0.626 bits per heavy atom. The number of rotatable bonds is 29. The Labute approximate surface area is 626 Å². The second-order valence-electron chi connectivity index (χ2n) is 26.5. The van der Waals surface area contributed by atoms with Gasteiger partial charge in [-0.25, -0.2) is 0 Å². The van der Waals surface area contributed by atoms with E-state index in [1.54, 1.807) is 24.3 Å². The largest absolute Gasteiger partial charge is 0.382 e. The molecular weight excluding hydrogens is 1430 g/mol. The molecule has 1 aromatic carbocycles. The van der Waals surface area contributed by atoms with Crippen molar-refractivity contribution in [2.75, 3.05) is 188 Å². The SMILES string of the molecule is C#Cc1ccc(C(=O)NCC2OC3OC4C(COC)OC(OC5C(COC)OC(OC6C(COC)OC(OC7C(COC)OC(OC8C(COC)OC(OC9C(COC)OC(OC2C(OC)C3OC)C(OC)C9OC)C(OC)C8OC)C(OC)C7OC)C(OC)C6OC)C(OC)C5OC)C(OC)C4OC)cc1. The van der Waals surface area contributed by atoms with Crippen LogP contribution in [0.3, 0.4) is 0 Å². The van der Waals surface area contributed by atoms with Crippen LogP contribution in [0.25, 0.3) is 0 Å². The molecule has 21 aliphatic heterocycles. The number of ether oxygens (including phenoxy) is 34. The first kappa shape index (κ1) is 87.8. The molecule has 36 nitrogen and oxygen atoms in total. The third-order valence-corrected chi connectivity index (χ3v) is 20.8. The molecule has 35 atom stereocenters. The van der Waals surface area contributed by atoms with Gasteiger partial charge in [0.25, 0.3) is 5.91 Å². The Morgan fingerprint density at radius 1 is 0.280 bits per heavy atom. The number of methoxy groups -OCH3 is 20. The van der Waals surface area contributed by atoms with Crippen LogP contribution in [0.15, 0.2) is 24.3 Å². The van der Waals surface area contributed by atoms with E-state index in [2.05, 4.69) is 11.2 Å². The number of terminal acetylenes is 1. The van der Waals surface area contributed by atoms with Crippen LogP contribution < -0.4 is 5.32 Å². The average molecular weight is 1540 g/mol. The molecule has 614 valence electrons. The van der Waals surface area contributed by atoms with Crippen molar-refractivity contribution in [2.24, 2.45) is 0 Å². The molecule has 21 fully saturated rings. The van der Waals surface area contributed by atoms with E-state index in [0.29, 0.717) is 11.1 Å². The van der Waals surface area contributed by atoms with E-state index in [9.17, 15) is 4.79 Å². The molecule has 14 bridgehead atoms. The molecule has 0 aliphatic carbocycles. The van der Waals surface area contributed by atoms with Gasteiger partial charge in [-0.05, 0) is 24.3 Å². The maximum absolute atomic E-state index is 14.2. The second kappa shape index (κ2) is 42.8. The van der Waals surface area contributed by atoms with Gasteiger partial charge in [0.1, 0.15) is 171 Å². The third-order valence-electron chi connectivity index (χ3n) is 20.8. The van der Waals surface area contributed by atoms with Gasteiger partial charge in [0.15, 0.2) is 44.0 Å². The minimum Gasteiger partial charge on any atom is -0.382 e. The number of hydrogen-bond acceptors (Lipinski definition) is 35. The van der Waals surface area contributed by atoms with E-state index >= 15 is 0 Å². The number of benzene rings is 1. The number of carbonyl (C=O) groups excluding carboxylic acids is 1. The van der Waals surface area contributed by atoms with Crippen LogP contribution >= 0.6 is 0 Å². The lowest BCUT2D eigenvalue weighted by atomic mass is 9.94. The number of nitrogens with one attached hydrogen (secondary N) is 1. The predicted molar refractivity (Wildman–Crippen MR) is 364 cm³/mol. The molecule has 0 spiro atoms. The van der Waals surface area contributed by atoms with Crippen molar-refractivity contribution >= 4 is 5.91 Å². The Kier molecular flexibility index (Phi) is 35.2. The molecule has 36 heteroatoms. The number of amides is 1. The third kappa shape index (κ3) is 19.5. The van der Waals surface area contributed by atoms with Crippen LogP contribution in [0, 0.1) is 12.3 Å². The van der Waals surface area contributed by atoms with Crippen LogP contribution in [-0.2, 0) is 161 Å². The first-order valence-corrected chi connectivity index (χ1v) is 35.4. The molecule has 21 heterocycles. The highest BCUT2D eigenvalue weighted by atomic mass is 16.8. The predicted octanol–water partition coefficient (Wildman–Crippen LogP) is -0.730. The fourth-order valence-corrected chi connectivity index (χ4v) is 15.7.